The van der Waals surface area contributed by atoms with Crippen LogP contribution in [0.4, 0.5) is 0 Å². The van der Waals surface area contributed by atoms with Gasteiger partial charge in [0.2, 0.25) is 0 Å². The topological polar surface area (TPSA) is 116 Å². The summed E-state index contributed by atoms with van der Waals surface area (Å²) in [4.78, 5) is 11.7. The van der Waals surface area contributed by atoms with E-state index in [1.165, 1.54) is 5.56 Å². The van der Waals surface area contributed by atoms with E-state index in [1.807, 2.05) is 13.9 Å². The van der Waals surface area contributed by atoms with Crippen LogP contribution in [-0.4, -0.2) is 47.3 Å². The molecular formula is C17H29BCl2N2O4. The van der Waals surface area contributed by atoms with E-state index in [1.54, 1.807) is 12.1 Å². The SMILES string of the molecule is BC(CCCO)C(N)(CCC1Cc2ccc(O)cc2CN1)C(=O)O.Cl.Cl. The smallest absolute Gasteiger partial charge is 0.323 e. The van der Waals surface area contributed by atoms with Gasteiger partial charge in [0.05, 0.1) is 0 Å². The van der Waals surface area contributed by atoms with E-state index in [0.717, 1.165) is 12.0 Å². The Hall–Kier alpha value is -0.985. The van der Waals surface area contributed by atoms with Gasteiger partial charge in [-0.2, -0.15) is 0 Å². The summed E-state index contributed by atoms with van der Waals surface area (Å²) in [6, 6.07) is 5.55. The molecule has 0 aliphatic carbocycles. The van der Waals surface area contributed by atoms with Crippen molar-refractivity contribution in [3.8, 4) is 5.75 Å². The number of phenols is 1. The number of rotatable bonds is 8. The molecule has 0 fully saturated rings. The van der Waals surface area contributed by atoms with E-state index in [4.69, 9.17) is 10.8 Å². The van der Waals surface area contributed by atoms with Crippen LogP contribution in [0.5, 0.6) is 5.75 Å². The molecule has 6 nitrogen and oxygen atoms in total. The Labute approximate surface area is 167 Å². The minimum Gasteiger partial charge on any atom is -0.508 e. The molecule has 1 aliphatic heterocycles. The average Bonchev–Trinajstić information content (AvgIpc) is 2.57. The van der Waals surface area contributed by atoms with E-state index < -0.39 is 11.5 Å². The number of hydrogen-bond donors (Lipinski definition) is 5. The van der Waals surface area contributed by atoms with Crippen molar-refractivity contribution in [1.29, 1.82) is 0 Å². The van der Waals surface area contributed by atoms with Crippen molar-refractivity contribution in [2.45, 2.75) is 56.0 Å². The molecule has 1 heterocycles. The zero-order valence-electron chi connectivity index (χ0n) is 15.0. The van der Waals surface area contributed by atoms with Crippen molar-refractivity contribution < 1.29 is 20.1 Å². The Morgan fingerprint density at radius 3 is 2.69 bits per heavy atom. The molecule has 0 saturated heterocycles. The Bertz CT molecular complexity index is 594. The number of aliphatic hydroxyl groups excluding tert-OH is 1. The Kier molecular flexibility index (Phi) is 10.6. The molecule has 0 spiro atoms. The van der Waals surface area contributed by atoms with Gasteiger partial charge in [-0.3, -0.25) is 4.79 Å². The number of nitrogens with two attached hydrogens (primary N) is 1. The van der Waals surface area contributed by atoms with Crippen LogP contribution in [0, 0.1) is 0 Å². The van der Waals surface area contributed by atoms with Crippen molar-refractivity contribution in [3.05, 3.63) is 29.3 Å². The average molecular weight is 407 g/mol. The molecule has 0 bridgehead atoms. The number of carboxylic acid groups (broad SMARTS) is 1. The fourth-order valence-corrected chi connectivity index (χ4v) is 3.40. The normalized spacial score (nSPS) is 19.2. The number of halogens is 2. The van der Waals surface area contributed by atoms with Crippen LogP contribution in [0.1, 0.15) is 36.8 Å². The third-order valence-corrected chi connectivity index (χ3v) is 5.22. The number of nitrogens with one attached hydrogen (secondary N) is 1. The van der Waals surface area contributed by atoms with E-state index in [2.05, 4.69) is 5.32 Å². The fourth-order valence-electron chi connectivity index (χ4n) is 3.40. The molecule has 0 radical (unpaired) electrons. The monoisotopic (exact) mass is 406 g/mol. The zero-order valence-corrected chi connectivity index (χ0v) is 16.6. The molecule has 6 N–H and O–H groups in total. The summed E-state index contributed by atoms with van der Waals surface area (Å²) in [5.74, 6) is -0.914. The number of phenolic OH excluding ortho intramolecular Hbond substituents is 1. The first-order valence-electron chi connectivity index (χ1n) is 8.54. The number of aliphatic carboxylic acids is 1. The standard InChI is InChI=1S/C17H27BN2O4.2ClH/c18-15(2-1-7-21)17(19,16(23)24)6-5-13-8-11-3-4-14(22)9-12(11)10-20-13;;/h3-4,9,13,15,20-22H,1-2,5-8,10,18-19H2,(H,23,24);2*1H. The van der Waals surface area contributed by atoms with Gasteiger partial charge in [0, 0.05) is 19.2 Å². The first kappa shape index (κ1) is 25.0. The van der Waals surface area contributed by atoms with Crippen LogP contribution in [0.15, 0.2) is 18.2 Å². The predicted octanol–water partition coefficient (Wildman–Crippen LogP) is 1.01. The lowest BCUT2D eigenvalue weighted by Gasteiger charge is -2.34. The van der Waals surface area contributed by atoms with Gasteiger partial charge in [-0.15, -0.1) is 24.8 Å². The lowest BCUT2D eigenvalue weighted by molar-refractivity contribution is -0.144. The third kappa shape index (κ3) is 6.03. The highest BCUT2D eigenvalue weighted by atomic mass is 35.5. The molecule has 0 aromatic heterocycles. The van der Waals surface area contributed by atoms with E-state index in [9.17, 15) is 15.0 Å². The van der Waals surface area contributed by atoms with E-state index in [-0.39, 0.29) is 49.0 Å². The number of fused-ring (bicyclic) bond motifs is 1. The van der Waals surface area contributed by atoms with E-state index >= 15 is 0 Å². The van der Waals surface area contributed by atoms with Gasteiger partial charge in [0.1, 0.15) is 19.1 Å². The van der Waals surface area contributed by atoms with Crippen LogP contribution < -0.4 is 11.1 Å². The molecule has 1 aromatic carbocycles. The maximum atomic E-state index is 11.7. The summed E-state index contributed by atoms with van der Waals surface area (Å²) in [7, 11) is 1.84. The summed E-state index contributed by atoms with van der Waals surface area (Å²) < 4.78 is 0. The summed E-state index contributed by atoms with van der Waals surface area (Å²) in [6.07, 6.45) is 3.02. The number of aliphatic hydroxyl groups is 1. The Morgan fingerprint density at radius 2 is 2.08 bits per heavy atom. The largest absolute Gasteiger partial charge is 0.508 e. The number of carbonyl (C=O) groups is 1. The highest BCUT2D eigenvalue weighted by Crippen LogP contribution is 2.30. The van der Waals surface area contributed by atoms with Gasteiger partial charge in [-0.1, -0.05) is 12.5 Å². The number of aromatic hydroxyl groups is 1. The van der Waals surface area contributed by atoms with Gasteiger partial charge >= 0.3 is 5.97 Å². The molecule has 9 heteroatoms. The molecule has 2 rings (SSSR count). The van der Waals surface area contributed by atoms with Crippen molar-refractivity contribution in [3.63, 3.8) is 0 Å². The van der Waals surface area contributed by atoms with Gasteiger partial charge in [0.15, 0.2) is 0 Å². The first-order valence-corrected chi connectivity index (χ1v) is 8.54. The van der Waals surface area contributed by atoms with Crippen molar-refractivity contribution in [2.75, 3.05) is 6.61 Å². The predicted molar refractivity (Wildman–Crippen MR) is 109 cm³/mol. The number of benzene rings is 1. The highest BCUT2D eigenvalue weighted by Gasteiger charge is 2.39. The second-order valence-electron chi connectivity index (χ2n) is 6.89. The Morgan fingerprint density at radius 1 is 1.38 bits per heavy atom. The highest BCUT2D eigenvalue weighted by molar-refractivity contribution is 6.15. The molecular weight excluding hydrogens is 378 g/mol. The van der Waals surface area contributed by atoms with Crippen LogP contribution in [0.25, 0.3) is 0 Å². The molecule has 148 valence electrons. The summed E-state index contributed by atoms with van der Waals surface area (Å²) >= 11 is 0. The molecule has 3 unspecified atom stereocenters. The van der Waals surface area contributed by atoms with Gasteiger partial charge in [-0.05, 0) is 54.8 Å². The van der Waals surface area contributed by atoms with Gasteiger partial charge < -0.3 is 26.4 Å². The third-order valence-electron chi connectivity index (χ3n) is 5.22. The molecule has 0 saturated carbocycles. The summed E-state index contributed by atoms with van der Waals surface area (Å²) in [6.45, 7) is 0.715. The second kappa shape index (κ2) is 11.0. The first-order chi connectivity index (χ1) is 11.4. The van der Waals surface area contributed by atoms with Crippen LogP contribution in [0.2, 0.25) is 5.82 Å². The maximum absolute atomic E-state index is 11.7. The number of hydrogen-bond acceptors (Lipinski definition) is 5. The van der Waals surface area contributed by atoms with Gasteiger partial charge in [0.25, 0.3) is 0 Å². The van der Waals surface area contributed by atoms with Crippen molar-refractivity contribution in [2.24, 2.45) is 5.73 Å². The fraction of sp³-hybridized carbons (Fsp3) is 0.588. The minimum atomic E-state index is -1.27. The molecule has 1 aromatic rings. The molecule has 0 amide bonds. The lowest BCUT2D eigenvalue weighted by Crippen LogP contribution is -2.53. The quantitative estimate of drug-likeness (QED) is 0.411. The minimum absolute atomic E-state index is 0. The van der Waals surface area contributed by atoms with Crippen molar-refractivity contribution >= 4 is 38.6 Å². The molecule has 26 heavy (non-hydrogen) atoms. The lowest BCUT2D eigenvalue weighted by atomic mass is 9.66. The Balaban J connectivity index is 0.00000312. The van der Waals surface area contributed by atoms with E-state index in [0.29, 0.717) is 32.2 Å². The van der Waals surface area contributed by atoms with Gasteiger partial charge in [-0.25, -0.2) is 0 Å². The van der Waals surface area contributed by atoms with Crippen LogP contribution in [-0.2, 0) is 17.8 Å². The second-order valence-corrected chi connectivity index (χ2v) is 6.89. The maximum Gasteiger partial charge on any atom is 0.323 e. The van der Waals surface area contributed by atoms with Crippen LogP contribution in [0.3, 0.4) is 0 Å². The number of carboxylic acids is 1. The molecule has 1 aliphatic rings. The van der Waals surface area contributed by atoms with Crippen molar-refractivity contribution in [1.82, 2.24) is 5.32 Å². The van der Waals surface area contributed by atoms with Crippen LogP contribution >= 0.6 is 24.8 Å². The zero-order chi connectivity index (χ0) is 17.7. The summed E-state index contributed by atoms with van der Waals surface area (Å²) in [5, 5.41) is 31.5. The molecule has 3 atom stereocenters. The summed E-state index contributed by atoms with van der Waals surface area (Å²) in [5.41, 5.74) is 7.21.